The van der Waals surface area contributed by atoms with Gasteiger partial charge in [0.1, 0.15) is 11.5 Å². The minimum atomic E-state index is -0.775. The fraction of sp³-hybridized carbons (Fsp3) is 0.333. The van der Waals surface area contributed by atoms with Crippen LogP contribution in [0.2, 0.25) is 0 Å². The average molecular weight is 527 g/mol. The van der Waals surface area contributed by atoms with Crippen molar-refractivity contribution < 1.29 is 19.4 Å². The van der Waals surface area contributed by atoms with E-state index in [1.54, 1.807) is 7.11 Å². The van der Waals surface area contributed by atoms with E-state index in [9.17, 15) is 14.7 Å². The van der Waals surface area contributed by atoms with Crippen LogP contribution in [0.25, 0.3) is 5.76 Å². The van der Waals surface area contributed by atoms with E-state index in [2.05, 4.69) is 18.7 Å². The molecule has 1 saturated heterocycles. The fourth-order valence-electron chi connectivity index (χ4n) is 5.30. The largest absolute Gasteiger partial charge is 0.507 e. The second kappa shape index (κ2) is 11.4. The van der Waals surface area contributed by atoms with Crippen molar-refractivity contribution in [3.8, 4) is 5.75 Å². The van der Waals surface area contributed by atoms with Crippen LogP contribution in [0.15, 0.2) is 66.2 Å². The topological polar surface area (TPSA) is 70.1 Å². The minimum absolute atomic E-state index is 0.0825. The average Bonchev–Trinajstić information content (AvgIpc) is 3.19. The van der Waals surface area contributed by atoms with Gasteiger partial charge in [-0.2, -0.15) is 0 Å². The number of aryl methyl sites for hydroxylation is 2. The lowest BCUT2D eigenvalue weighted by atomic mass is 9.91. The molecule has 0 bridgehead atoms. The highest BCUT2D eigenvalue weighted by molar-refractivity contribution is 6.51. The zero-order valence-corrected chi connectivity index (χ0v) is 23.9. The van der Waals surface area contributed by atoms with Gasteiger partial charge < -0.3 is 14.7 Å². The Morgan fingerprint density at radius 1 is 0.974 bits per heavy atom. The molecule has 1 fully saturated rings. The van der Waals surface area contributed by atoms with Crippen molar-refractivity contribution in [1.29, 1.82) is 0 Å². The van der Waals surface area contributed by atoms with Gasteiger partial charge in [0, 0.05) is 30.0 Å². The highest BCUT2D eigenvalue weighted by Crippen LogP contribution is 2.43. The van der Waals surface area contributed by atoms with Gasteiger partial charge in [0.15, 0.2) is 0 Å². The fourth-order valence-corrected chi connectivity index (χ4v) is 5.30. The van der Waals surface area contributed by atoms with Crippen LogP contribution in [0.3, 0.4) is 0 Å². The number of methoxy groups -OCH3 is 1. The molecule has 1 amide bonds. The van der Waals surface area contributed by atoms with Crippen molar-refractivity contribution in [3.63, 3.8) is 0 Å². The quantitative estimate of drug-likeness (QED) is 0.196. The molecule has 0 spiro atoms. The molecule has 1 unspecified atom stereocenters. The summed E-state index contributed by atoms with van der Waals surface area (Å²) in [6, 6.07) is 18.4. The molecule has 6 heteroatoms. The van der Waals surface area contributed by atoms with E-state index < -0.39 is 17.7 Å². The highest BCUT2D eigenvalue weighted by Gasteiger charge is 2.47. The third kappa shape index (κ3) is 5.16. The van der Waals surface area contributed by atoms with E-state index in [-0.39, 0.29) is 17.3 Å². The molecule has 1 atom stereocenters. The molecule has 3 aromatic carbocycles. The number of ketones is 1. The number of anilines is 2. The Morgan fingerprint density at radius 3 is 2.13 bits per heavy atom. The van der Waals surface area contributed by atoms with Gasteiger partial charge in [0.25, 0.3) is 11.7 Å². The number of aliphatic hydroxyl groups excluding tert-OH is 1. The molecule has 0 aliphatic carbocycles. The number of Topliss-reactive ketones (excluding diaryl/α,β-unsaturated/α-hetero) is 1. The third-order valence-electron chi connectivity index (χ3n) is 7.55. The van der Waals surface area contributed by atoms with Gasteiger partial charge in [-0.05, 0) is 86.7 Å². The van der Waals surface area contributed by atoms with Gasteiger partial charge in [-0.3, -0.25) is 14.5 Å². The summed E-state index contributed by atoms with van der Waals surface area (Å²) in [5.74, 6) is -0.684. The van der Waals surface area contributed by atoms with Gasteiger partial charge in [0.05, 0.1) is 18.7 Å². The number of hydrogen-bond donors (Lipinski definition) is 1. The Kier molecular flexibility index (Phi) is 8.14. The number of amides is 1. The molecule has 0 aromatic heterocycles. The molecule has 4 rings (SSSR count). The van der Waals surface area contributed by atoms with Gasteiger partial charge in [-0.25, -0.2) is 0 Å². The van der Waals surface area contributed by atoms with E-state index >= 15 is 0 Å². The van der Waals surface area contributed by atoms with E-state index in [0.29, 0.717) is 11.3 Å². The van der Waals surface area contributed by atoms with Crippen LogP contribution in [0.4, 0.5) is 11.4 Å². The highest BCUT2D eigenvalue weighted by atomic mass is 16.5. The molecule has 204 valence electrons. The van der Waals surface area contributed by atoms with Crippen LogP contribution in [0.5, 0.6) is 5.75 Å². The maximum Gasteiger partial charge on any atom is 0.300 e. The SMILES string of the molecule is CCN(CC)c1ccc(C2/C(=C(\O)c3cc(C(C)C)c(OC)cc3C)C(=O)C(=O)N2c2ccc(C)cc2)cc1. The van der Waals surface area contributed by atoms with Gasteiger partial charge in [-0.1, -0.05) is 43.7 Å². The zero-order chi connectivity index (χ0) is 28.4. The van der Waals surface area contributed by atoms with Gasteiger partial charge in [0.2, 0.25) is 0 Å². The van der Waals surface area contributed by atoms with E-state index in [1.807, 2.05) is 88.4 Å². The van der Waals surface area contributed by atoms with Crippen LogP contribution in [-0.4, -0.2) is 37.0 Å². The summed E-state index contributed by atoms with van der Waals surface area (Å²) in [5.41, 5.74) is 5.74. The second-order valence-electron chi connectivity index (χ2n) is 10.3. The molecule has 1 N–H and O–H groups in total. The summed E-state index contributed by atoms with van der Waals surface area (Å²) in [4.78, 5) is 30.9. The molecule has 39 heavy (non-hydrogen) atoms. The molecule has 0 saturated carbocycles. The number of rotatable bonds is 8. The summed E-state index contributed by atoms with van der Waals surface area (Å²) < 4.78 is 5.58. The first-order chi connectivity index (χ1) is 18.6. The van der Waals surface area contributed by atoms with Crippen LogP contribution in [-0.2, 0) is 9.59 Å². The maximum absolute atomic E-state index is 13.6. The molecule has 0 radical (unpaired) electrons. The lowest BCUT2D eigenvalue weighted by Gasteiger charge is -2.27. The minimum Gasteiger partial charge on any atom is -0.507 e. The molecule has 1 heterocycles. The first kappa shape index (κ1) is 28.0. The summed E-state index contributed by atoms with van der Waals surface area (Å²) >= 11 is 0. The molecule has 1 aliphatic heterocycles. The number of benzene rings is 3. The smallest absolute Gasteiger partial charge is 0.300 e. The molecular weight excluding hydrogens is 488 g/mol. The summed E-state index contributed by atoms with van der Waals surface area (Å²) in [6.07, 6.45) is 0. The predicted molar refractivity (Wildman–Crippen MR) is 158 cm³/mol. The summed E-state index contributed by atoms with van der Waals surface area (Å²) in [6.45, 7) is 13.9. The number of nitrogens with zero attached hydrogens (tertiary/aromatic N) is 2. The predicted octanol–water partition coefficient (Wildman–Crippen LogP) is 6.91. The molecule has 1 aliphatic rings. The van der Waals surface area contributed by atoms with Crippen molar-refractivity contribution in [2.24, 2.45) is 0 Å². The number of aliphatic hydroxyl groups is 1. The Morgan fingerprint density at radius 2 is 1.59 bits per heavy atom. The lowest BCUT2D eigenvalue weighted by Crippen LogP contribution is -2.29. The Hall–Kier alpha value is -4.06. The standard InChI is InChI=1S/C33H38N2O4/c1-8-34(9-2)24-16-12-23(13-17-24)30-29(32(37)33(38)35(30)25-14-10-21(5)11-15-25)31(36)27-19-26(20(3)4)28(39-7)18-22(27)6/h10-20,30,36H,8-9H2,1-7H3/b31-29+. The van der Waals surface area contributed by atoms with Crippen LogP contribution in [0.1, 0.15) is 67.5 Å². The van der Waals surface area contributed by atoms with Crippen LogP contribution in [0, 0.1) is 13.8 Å². The molecular formula is C33H38N2O4. The first-order valence-electron chi connectivity index (χ1n) is 13.5. The van der Waals surface area contributed by atoms with Crippen molar-refractivity contribution >= 4 is 28.8 Å². The van der Waals surface area contributed by atoms with Crippen molar-refractivity contribution in [3.05, 3.63) is 94.1 Å². The number of carbonyl (C=O) groups is 2. The normalized spacial score (nSPS) is 16.7. The number of ether oxygens (including phenoxy) is 1. The first-order valence-corrected chi connectivity index (χ1v) is 13.5. The molecule has 6 nitrogen and oxygen atoms in total. The number of carbonyl (C=O) groups excluding carboxylic acids is 2. The van der Waals surface area contributed by atoms with Crippen LogP contribution >= 0.6 is 0 Å². The zero-order valence-electron chi connectivity index (χ0n) is 23.9. The Balaban J connectivity index is 1.95. The van der Waals surface area contributed by atoms with E-state index in [4.69, 9.17) is 4.74 Å². The maximum atomic E-state index is 13.6. The summed E-state index contributed by atoms with van der Waals surface area (Å²) in [5, 5.41) is 11.7. The second-order valence-corrected chi connectivity index (χ2v) is 10.3. The molecule has 3 aromatic rings. The van der Waals surface area contributed by atoms with Crippen molar-refractivity contribution in [2.75, 3.05) is 30.0 Å². The third-order valence-corrected chi connectivity index (χ3v) is 7.55. The van der Waals surface area contributed by atoms with E-state index in [0.717, 1.165) is 46.8 Å². The number of hydrogen-bond acceptors (Lipinski definition) is 5. The van der Waals surface area contributed by atoms with Gasteiger partial charge >= 0.3 is 0 Å². The Labute approximate surface area is 231 Å². The van der Waals surface area contributed by atoms with Gasteiger partial charge in [-0.15, -0.1) is 0 Å². The lowest BCUT2D eigenvalue weighted by molar-refractivity contribution is -0.132. The van der Waals surface area contributed by atoms with Crippen molar-refractivity contribution in [1.82, 2.24) is 0 Å². The monoisotopic (exact) mass is 526 g/mol. The van der Waals surface area contributed by atoms with Crippen molar-refractivity contribution in [2.45, 2.75) is 53.5 Å². The van der Waals surface area contributed by atoms with E-state index in [1.165, 1.54) is 4.90 Å². The summed E-state index contributed by atoms with van der Waals surface area (Å²) in [7, 11) is 1.62. The van der Waals surface area contributed by atoms with Crippen LogP contribution < -0.4 is 14.5 Å². The Bertz CT molecular complexity index is 1400.